The molecule has 0 spiro atoms. The van der Waals surface area contributed by atoms with Crippen LogP contribution in [0, 0.1) is 5.92 Å². The lowest BCUT2D eigenvalue weighted by atomic mass is 9.78. The molecule has 1 aliphatic rings. The summed E-state index contributed by atoms with van der Waals surface area (Å²) in [4.78, 5) is 22.6. The third kappa shape index (κ3) is 5.87. The van der Waals surface area contributed by atoms with Gasteiger partial charge in [0.25, 0.3) is 0 Å². The molecule has 0 atom stereocenters. The van der Waals surface area contributed by atoms with Gasteiger partial charge in [0, 0.05) is 12.1 Å². The number of amides is 1. The predicted octanol–water partition coefficient (Wildman–Crippen LogP) is 4.53. The number of hydrogen-bond donors (Lipinski definition) is 2. The lowest BCUT2D eigenvalue weighted by molar-refractivity contribution is -0.132. The number of nitrogens with one attached hydrogen (secondary N) is 1. The largest absolute Gasteiger partial charge is 0.478 e. The second kappa shape index (κ2) is 9.95. The molecule has 1 amide bonds. The van der Waals surface area contributed by atoms with Crippen LogP contribution >= 0.6 is 0 Å². The van der Waals surface area contributed by atoms with E-state index in [0.29, 0.717) is 5.92 Å². The monoisotopic (exact) mass is 355 g/mol. The van der Waals surface area contributed by atoms with Crippen molar-refractivity contribution >= 4 is 18.0 Å². The molecular formula is C22H29NO3. The highest BCUT2D eigenvalue weighted by molar-refractivity contribution is 5.92. The molecule has 0 radical (unpaired) electrons. The molecular weight excluding hydrogens is 326 g/mol. The van der Waals surface area contributed by atoms with Gasteiger partial charge in [-0.25, -0.2) is 4.79 Å². The number of aliphatic carboxylic acids is 1. The van der Waals surface area contributed by atoms with E-state index in [-0.39, 0.29) is 24.4 Å². The van der Waals surface area contributed by atoms with Gasteiger partial charge in [-0.3, -0.25) is 4.79 Å². The van der Waals surface area contributed by atoms with Crippen molar-refractivity contribution in [2.75, 3.05) is 6.54 Å². The Labute approximate surface area is 156 Å². The van der Waals surface area contributed by atoms with Gasteiger partial charge in [0.15, 0.2) is 0 Å². The summed E-state index contributed by atoms with van der Waals surface area (Å²) in [5, 5.41) is 12.0. The Kier molecular flexibility index (Phi) is 7.64. The smallest absolute Gasteiger partial charge is 0.331 e. The van der Waals surface area contributed by atoms with Crippen molar-refractivity contribution in [2.24, 2.45) is 5.92 Å². The van der Waals surface area contributed by atoms with Gasteiger partial charge in [-0.05, 0) is 67.2 Å². The second-order valence-corrected chi connectivity index (χ2v) is 7.01. The molecule has 1 fully saturated rings. The first-order valence-corrected chi connectivity index (χ1v) is 9.47. The van der Waals surface area contributed by atoms with Crippen LogP contribution in [0.3, 0.4) is 0 Å². The summed E-state index contributed by atoms with van der Waals surface area (Å²) in [5.74, 6) is 0.258. The highest BCUT2D eigenvalue weighted by Gasteiger charge is 2.21. The van der Waals surface area contributed by atoms with Gasteiger partial charge in [-0.15, -0.1) is 0 Å². The predicted molar refractivity (Wildman–Crippen MR) is 105 cm³/mol. The van der Waals surface area contributed by atoms with Crippen LogP contribution in [0.15, 0.2) is 42.5 Å². The first kappa shape index (κ1) is 20.0. The molecule has 0 aromatic heterocycles. The minimum atomic E-state index is -0.959. The Bertz CT molecular complexity index is 652. The van der Waals surface area contributed by atoms with E-state index in [9.17, 15) is 14.7 Å². The van der Waals surface area contributed by atoms with Crippen LogP contribution in [0.4, 0.5) is 0 Å². The molecule has 0 heterocycles. The Hall–Kier alpha value is -2.36. The van der Waals surface area contributed by atoms with Crippen molar-refractivity contribution in [1.82, 2.24) is 5.32 Å². The zero-order chi connectivity index (χ0) is 18.9. The molecule has 0 saturated heterocycles. The topological polar surface area (TPSA) is 66.4 Å². The van der Waals surface area contributed by atoms with Gasteiger partial charge in [0.05, 0.1) is 0 Å². The fourth-order valence-corrected chi connectivity index (χ4v) is 3.60. The van der Waals surface area contributed by atoms with E-state index in [1.807, 2.05) is 12.1 Å². The lowest BCUT2D eigenvalue weighted by Crippen LogP contribution is -2.23. The summed E-state index contributed by atoms with van der Waals surface area (Å²) in [6.07, 6.45) is 9.52. The van der Waals surface area contributed by atoms with Crippen molar-refractivity contribution in [3.63, 3.8) is 0 Å². The fraction of sp³-hybridized carbons (Fsp3) is 0.455. The summed E-state index contributed by atoms with van der Waals surface area (Å²) in [5.41, 5.74) is 2.51. The van der Waals surface area contributed by atoms with Gasteiger partial charge < -0.3 is 10.4 Å². The molecule has 1 aromatic rings. The van der Waals surface area contributed by atoms with Crippen molar-refractivity contribution in [2.45, 2.75) is 51.4 Å². The van der Waals surface area contributed by atoms with Gasteiger partial charge in [0.1, 0.15) is 0 Å². The van der Waals surface area contributed by atoms with Crippen LogP contribution in [0.1, 0.15) is 62.5 Å². The van der Waals surface area contributed by atoms with E-state index < -0.39 is 5.97 Å². The number of benzene rings is 1. The van der Waals surface area contributed by atoms with E-state index in [4.69, 9.17) is 0 Å². The Morgan fingerprint density at radius 1 is 1.19 bits per heavy atom. The normalized spacial score (nSPS) is 20.4. The van der Waals surface area contributed by atoms with Crippen LogP contribution in [0.2, 0.25) is 0 Å². The summed E-state index contributed by atoms with van der Waals surface area (Å²) in [6.45, 7) is 5.93. The molecule has 140 valence electrons. The highest BCUT2D eigenvalue weighted by atomic mass is 16.4. The van der Waals surface area contributed by atoms with Gasteiger partial charge >= 0.3 is 5.97 Å². The van der Waals surface area contributed by atoms with E-state index in [2.05, 4.69) is 31.0 Å². The molecule has 2 N–H and O–H groups in total. The fourth-order valence-electron chi connectivity index (χ4n) is 3.60. The highest BCUT2D eigenvalue weighted by Crippen LogP contribution is 2.36. The quantitative estimate of drug-likeness (QED) is 0.673. The van der Waals surface area contributed by atoms with E-state index in [1.165, 1.54) is 43.7 Å². The number of hydrogen-bond acceptors (Lipinski definition) is 2. The van der Waals surface area contributed by atoms with Crippen LogP contribution in [-0.4, -0.2) is 23.5 Å². The number of carboxylic acids is 1. The minimum Gasteiger partial charge on any atom is -0.478 e. The first-order valence-electron chi connectivity index (χ1n) is 9.47. The van der Waals surface area contributed by atoms with E-state index in [0.717, 1.165) is 11.5 Å². The summed E-state index contributed by atoms with van der Waals surface area (Å²) < 4.78 is 0. The average Bonchev–Trinajstić information content (AvgIpc) is 2.67. The molecule has 2 rings (SSSR count). The minimum absolute atomic E-state index is 0.275. The molecule has 1 saturated carbocycles. The number of carboxylic acid groups (broad SMARTS) is 1. The second-order valence-electron chi connectivity index (χ2n) is 7.01. The molecule has 26 heavy (non-hydrogen) atoms. The van der Waals surface area contributed by atoms with Crippen molar-refractivity contribution in [3.05, 3.63) is 53.6 Å². The Morgan fingerprint density at radius 3 is 2.38 bits per heavy atom. The zero-order valence-electron chi connectivity index (χ0n) is 15.5. The molecule has 4 nitrogen and oxygen atoms in total. The van der Waals surface area contributed by atoms with Crippen molar-refractivity contribution in [3.8, 4) is 0 Å². The molecule has 1 aromatic carbocycles. The molecule has 4 heteroatoms. The van der Waals surface area contributed by atoms with Gasteiger partial charge in [-0.2, -0.15) is 0 Å². The third-order valence-electron chi connectivity index (χ3n) is 5.33. The van der Waals surface area contributed by atoms with Gasteiger partial charge in [0.2, 0.25) is 5.91 Å². The maximum absolute atomic E-state index is 11.4. The maximum atomic E-state index is 11.4. The van der Waals surface area contributed by atoms with E-state index >= 15 is 0 Å². The van der Waals surface area contributed by atoms with Crippen LogP contribution < -0.4 is 5.32 Å². The molecule has 0 unspecified atom stereocenters. The average molecular weight is 355 g/mol. The standard InChI is InChI=1S/C22H29NO3/c1-3-16-5-9-18(10-6-16)19-11-7-17(8-12-19)15-20(22(25)26)13-14-23-21(24)4-2/h4,7-8,11-12,15-16,18H,2-3,5-6,9-10,13-14H2,1H3,(H,23,24)(H,25,26)/b20-15+/t16-,18-. The first-order chi connectivity index (χ1) is 12.5. The van der Waals surface area contributed by atoms with Crippen molar-refractivity contribution in [1.29, 1.82) is 0 Å². The molecule has 0 aliphatic heterocycles. The van der Waals surface area contributed by atoms with Crippen molar-refractivity contribution < 1.29 is 14.7 Å². The third-order valence-corrected chi connectivity index (χ3v) is 5.33. The zero-order valence-corrected chi connectivity index (χ0v) is 15.5. The van der Waals surface area contributed by atoms with Crippen LogP contribution in [0.25, 0.3) is 6.08 Å². The van der Waals surface area contributed by atoms with Crippen LogP contribution in [-0.2, 0) is 9.59 Å². The van der Waals surface area contributed by atoms with Gasteiger partial charge in [-0.1, -0.05) is 44.2 Å². The maximum Gasteiger partial charge on any atom is 0.331 e. The molecule has 0 bridgehead atoms. The number of carbonyl (C=O) groups is 2. The van der Waals surface area contributed by atoms with Crippen LogP contribution in [0.5, 0.6) is 0 Å². The number of carbonyl (C=O) groups excluding carboxylic acids is 1. The summed E-state index contributed by atoms with van der Waals surface area (Å²) in [6, 6.07) is 8.24. The number of rotatable bonds is 8. The Morgan fingerprint density at radius 2 is 1.85 bits per heavy atom. The Balaban J connectivity index is 1.98. The van der Waals surface area contributed by atoms with E-state index in [1.54, 1.807) is 6.08 Å². The summed E-state index contributed by atoms with van der Waals surface area (Å²) in [7, 11) is 0. The molecule has 1 aliphatic carbocycles. The SMILES string of the molecule is C=CC(=O)NCC/C(=C\c1ccc([C@H]2CC[C@H](CC)CC2)cc1)C(=O)O. The summed E-state index contributed by atoms with van der Waals surface area (Å²) >= 11 is 0. The lowest BCUT2D eigenvalue weighted by Gasteiger charge is -2.28.